The van der Waals surface area contributed by atoms with E-state index in [4.69, 9.17) is 16.3 Å². The Bertz CT molecular complexity index is 868. The molecule has 0 aliphatic carbocycles. The van der Waals surface area contributed by atoms with E-state index in [0.717, 1.165) is 11.6 Å². The Kier molecular flexibility index (Phi) is 8.16. The van der Waals surface area contributed by atoms with E-state index in [9.17, 15) is 13.6 Å². The van der Waals surface area contributed by atoms with Crippen molar-refractivity contribution in [2.75, 3.05) is 26.8 Å². The minimum Gasteiger partial charge on any atom is -0.383 e. The van der Waals surface area contributed by atoms with Crippen LogP contribution in [-0.2, 0) is 22.6 Å². The van der Waals surface area contributed by atoms with Crippen molar-refractivity contribution in [3.63, 3.8) is 0 Å². The van der Waals surface area contributed by atoms with Gasteiger partial charge in [0.25, 0.3) is 0 Å². The van der Waals surface area contributed by atoms with Gasteiger partial charge in [-0.15, -0.1) is 0 Å². The number of carbonyl (C=O) groups excluding carboxylic acids is 1. The molecule has 1 saturated heterocycles. The van der Waals surface area contributed by atoms with Crippen molar-refractivity contribution in [1.82, 2.24) is 15.5 Å². The number of carbonyl (C=O) groups is 1. The number of amides is 1. The quantitative estimate of drug-likeness (QED) is 0.592. The molecular formula is C22H26ClF2N3O2. The first-order valence-corrected chi connectivity index (χ1v) is 10.3. The van der Waals surface area contributed by atoms with Crippen molar-refractivity contribution in [2.45, 2.75) is 31.6 Å². The van der Waals surface area contributed by atoms with Crippen LogP contribution in [0.2, 0.25) is 5.02 Å². The molecule has 3 rings (SSSR count). The van der Waals surface area contributed by atoms with Gasteiger partial charge in [0, 0.05) is 56.0 Å². The molecule has 1 aliphatic heterocycles. The molecule has 1 amide bonds. The lowest BCUT2D eigenvalue weighted by molar-refractivity contribution is -0.125. The lowest BCUT2D eigenvalue weighted by Crippen LogP contribution is -2.43. The molecule has 2 aromatic rings. The lowest BCUT2D eigenvalue weighted by Gasteiger charge is -2.23. The summed E-state index contributed by atoms with van der Waals surface area (Å²) in [7, 11) is 1.59. The third kappa shape index (κ3) is 6.22. The zero-order valence-electron chi connectivity index (χ0n) is 16.8. The molecule has 1 fully saturated rings. The van der Waals surface area contributed by atoms with E-state index >= 15 is 0 Å². The van der Waals surface area contributed by atoms with E-state index in [1.54, 1.807) is 7.11 Å². The SMILES string of the molecule is COCCNC(=O)[C@@H]1C[C@H](NCc2ccc(F)cc2F)CN1Cc1cccc(Cl)c1. The maximum Gasteiger partial charge on any atom is 0.237 e. The van der Waals surface area contributed by atoms with Crippen LogP contribution >= 0.6 is 11.6 Å². The first kappa shape index (κ1) is 22.6. The Hall–Kier alpha value is -2.06. The number of rotatable bonds is 9. The molecule has 0 bridgehead atoms. The molecule has 2 aromatic carbocycles. The van der Waals surface area contributed by atoms with Gasteiger partial charge >= 0.3 is 0 Å². The smallest absolute Gasteiger partial charge is 0.237 e. The van der Waals surface area contributed by atoms with Crippen molar-refractivity contribution >= 4 is 17.5 Å². The van der Waals surface area contributed by atoms with E-state index < -0.39 is 11.6 Å². The standard InChI is InChI=1S/C22H26ClF2N3O2/c1-30-8-7-26-22(29)21-11-19(27-12-16-5-6-18(24)10-20(16)25)14-28(21)13-15-3-2-4-17(23)9-15/h2-6,9-10,19,21,27H,7-8,11-14H2,1H3,(H,26,29)/t19-,21-/m0/s1. The molecule has 1 heterocycles. The maximum absolute atomic E-state index is 13.9. The van der Waals surface area contributed by atoms with Gasteiger partial charge in [-0.25, -0.2) is 8.78 Å². The topological polar surface area (TPSA) is 53.6 Å². The fourth-order valence-electron chi connectivity index (χ4n) is 3.68. The number of methoxy groups -OCH3 is 1. The van der Waals surface area contributed by atoms with Gasteiger partial charge in [0.05, 0.1) is 12.6 Å². The van der Waals surface area contributed by atoms with Crippen LogP contribution in [0.1, 0.15) is 17.5 Å². The Morgan fingerprint density at radius 1 is 1.27 bits per heavy atom. The molecule has 0 aromatic heterocycles. The number of ether oxygens (including phenoxy) is 1. The Morgan fingerprint density at radius 3 is 2.83 bits per heavy atom. The molecule has 0 radical (unpaired) electrons. The summed E-state index contributed by atoms with van der Waals surface area (Å²) in [5.74, 6) is -1.24. The van der Waals surface area contributed by atoms with Gasteiger partial charge in [0.1, 0.15) is 11.6 Å². The highest BCUT2D eigenvalue weighted by molar-refractivity contribution is 6.30. The largest absolute Gasteiger partial charge is 0.383 e. The zero-order valence-corrected chi connectivity index (χ0v) is 17.6. The second-order valence-electron chi connectivity index (χ2n) is 7.41. The second kappa shape index (κ2) is 10.8. The van der Waals surface area contributed by atoms with Crippen molar-refractivity contribution in [2.24, 2.45) is 0 Å². The number of hydrogen-bond donors (Lipinski definition) is 2. The summed E-state index contributed by atoms with van der Waals surface area (Å²) in [6.07, 6.45) is 0.586. The summed E-state index contributed by atoms with van der Waals surface area (Å²) in [6, 6.07) is 10.8. The van der Waals surface area contributed by atoms with Crippen LogP contribution in [-0.4, -0.2) is 49.7 Å². The minimum absolute atomic E-state index is 0.00758. The monoisotopic (exact) mass is 437 g/mol. The van der Waals surface area contributed by atoms with Crippen LogP contribution in [0.5, 0.6) is 0 Å². The van der Waals surface area contributed by atoms with Gasteiger partial charge in [0.2, 0.25) is 5.91 Å². The highest BCUT2D eigenvalue weighted by Gasteiger charge is 2.36. The van der Waals surface area contributed by atoms with Crippen molar-refractivity contribution in [3.8, 4) is 0 Å². The first-order valence-electron chi connectivity index (χ1n) is 9.88. The van der Waals surface area contributed by atoms with Gasteiger partial charge in [-0.3, -0.25) is 9.69 Å². The third-order valence-corrected chi connectivity index (χ3v) is 5.42. The summed E-state index contributed by atoms with van der Waals surface area (Å²) in [5.41, 5.74) is 1.41. The van der Waals surface area contributed by atoms with Gasteiger partial charge < -0.3 is 15.4 Å². The summed E-state index contributed by atoms with van der Waals surface area (Å²) in [6.45, 7) is 2.34. The van der Waals surface area contributed by atoms with Crippen LogP contribution in [0, 0.1) is 11.6 Å². The highest BCUT2D eigenvalue weighted by Crippen LogP contribution is 2.23. The normalized spacial score (nSPS) is 19.2. The van der Waals surface area contributed by atoms with E-state index in [-0.39, 0.29) is 24.5 Å². The lowest BCUT2D eigenvalue weighted by atomic mass is 10.1. The molecule has 1 aliphatic rings. The van der Waals surface area contributed by atoms with E-state index in [1.807, 2.05) is 24.3 Å². The predicted molar refractivity (Wildman–Crippen MR) is 112 cm³/mol. The van der Waals surface area contributed by atoms with Crippen LogP contribution in [0.4, 0.5) is 8.78 Å². The highest BCUT2D eigenvalue weighted by atomic mass is 35.5. The number of nitrogens with one attached hydrogen (secondary N) is 2. The van der Waals surface area contributed by atoms with Crippen LogP contribution in [0.15, 0.2) is 42.5 Å². The maximum atomic E-state index is 13.9. The summed E-state index contributed by atoms with van der Waals surface area (Å²) < 4.78 is 32.0. The molecule has 5 nitrogen and oxygen atoms in total. The number of likely N-dealkylation sites (tertiary alicyclic amines) is 1. The van der Waals surface area contributed by atoms with Crippen LogP contribution in [0.25, 0.3) is 0 Å². The molecule has 2 N–H and O–H groups in total. The Labute approximate surface area is 180 Å². The van der Waals surface area contributed by atoms with Gasteiger partial charge in [-0.1, -0.05) is 29.8 Å². The fourth-order valence-corrected chi connectivity index (χ4v) is 3.90. The fraction of sp³-hybridized carbons (Fsp3) is 0.409. The molecule has 0 spiro atoms. The number of halogens is 3. The number of nitrogens with zero attached hydrogens (tertiary/aromatic N) is 1. The predicted octanol–water partition coefficient (Wildman–Crippen LogP) is 3.11. The second-order valence-corrected chi connectivity index (χ2v) is 7.84. The molecular weight excluding hydrogens is 412 g/mol. The molecule has 8 heteroatoms. The average molecular weight is 438 g/mol. The van der Waals surface area contributed by atoms with Crippen molar-refractivity contribution in [3.05, 3.63) is 70.2 Å². The third-order valence-electron chi connectivity index (χ3n) is 5.18. The Balaban J connectivity index is 1.66. The van der Waals surface area contributed by atoms with Gasteiger partial charge in [-0.2, -0.15) is 0 Å². The minimum atomic E-state index is -0.599. The van der Waals surface area contributed by atoms with E-state index in [0.29, 0.717) is 43.2 Å². The van der Waals surface area contributed by atoms with Crippen LogP contribution < -0.4 is 10.6 Å². The van der Waals surface area contributed by atoms with Gasteiger partial charge in [0.15, 0.2) is 0 Å². The zero-order chi connectivity index (χ0) is 21.5. The summed E-state index contributed by atoms with van der Waals surface area (Å²) in [4.78, 5) is 14.8. The number of benzene rings is 2. The molecule has 2 atom stereocenters. The molecule has 162 valence electrons. The molecule has 0 unspecified atom stereocenters. The number of hydrogen-bond acceptors (Lipinski definition) is 4. The Morgan fingerprint density at radius 2 is 2.10 bits per heavy atom. The summed E-state index contributed by atoms with van der Waals surface area (Å²) in [5, 5.41) is 6.85. The van der Waals surface area contributed by atoms with Crippen LogP contribution in [0.3, 0.4) is 0 Å². The van der Waals surface area contributed by atoms with Crippen molar-refractivity contribution in [1.29, 1.82) is 0 Å². The molecule has 30 heavy (non-hydrogen) atoms. The first-order chi connectivity index (χ1) is 14.5. The van der Waals surface area contributed by atoms with Gasteiger partial charge in [-0.05, 0) is 30.2 Å². The summed E-state index contributed by atoms with van der Waals surface area (Å²) >= 11 is 6.10. The van der Waals surface area contributed by atoms with E-state index in [2.05, 4.69) is 15.5 Å². The van der Waals surface area contributed by atoms with E-state index in [1.165, 1.54) is 12.1 Å². The van der Waals surface area contributed by atoms with Crippen molar-refractivity contribution < 1.29 is 18.3 Å². The average Bonchev–Trinajstić information content (AvgIpc) is 3.10. The molecule has 0 saturated carbocycles.